The van der Waals surface area contributed by atoms with Gasteiger partial charge in [0.1, 0.15) is 5.82 Å². The van der Waals surface area contributed by atoms with Crippen LogP contribution in [0.2, 0.25) is 0 Å². The van der Waals surface area contributed by atoms with Crippen LogP contribution in [0.1, 0.15) is 11.4 Å². The number of imidazole rings is 1. The van der Waals surface area contributed by atoms with Crippen molar-refractivity contribution in [3.05, 3.63) is 41.9 Å². The average Bonchev–Trinajstić information content (AvgIpc) is 2.70. The molecule has 3 N–H and O–H groups in total. The predicted octanol–water partition coefficient (Wildman–Crippen LogP) is 0.789. The molecule has 1 aromatic carbocycles. The first-order valence-electron chi connectivity index (χ1n) is 5.72. The Kier molecular flexibility index (Phi) is 3.59. The third kappa shape index (κ3) is 3.12. The lowest BCUT2D eigenvalue weighted by Crippen LogP contribution is -2.23. The second-order valence-electron chi connectivity index (χ2n) is 4.30. The maximum absolute atomic E-state index is 12.0. The van der Waals surface area contributed by atoms with Gasteiger partial charge in [-0.2, -0.15) is 0 Å². The molecule has 0 spiro atoms. The van der Waals surface area contributed by atoms with Gasteiger partial charge in [-0.15, -0.1) is 0 Å². The molecule has 0 bridgehead atoms. The number of hydrogen-bond donors (Lipinski definition) is 2. The number of nitrogens with two attached hydrogens (primary N) is 1. The summed E-state index contributed by atoms with van der Waals surface area (Å²) in [5.41, 5.74) is 7.05. The van der Waals surface area contributed by atoms with Crippen molar-refractivity contribution in [1.29, 1.82) is 0 Å². The minimum Gasteiger partial charge on any atom is -0.399 e. The van der Waals surface area contributed by atoms with Crippen LogP contribution in [0.15, 0.2) is 35.5 Å². The van der Waals surface area contributed by atoms with Gasteiger partial charge in [0.25, 0.3) is 10.0 Å². The van der Waals surface area contributed by atoms with Crippen molar-refractivity contribution >= 4 is 15.7 Å². The molecule has 0 atom stereocenters. The molecule has 0 fully saturated rings. The van der Waals surface area contributed by atoms with E-state index < -0.39 is 10.0 Å². The van der Waals surface area contributed by atoms with Gasteiger partial charge in [-0.05, 0) is 24.6 Å². The Morgan fingerprint density at radius 3 is 2.47 bits per heavy atom. The number of nitrogens with zero attached hydrogens (tertiary/aromatic N) is 2. The van der Waals surface area contributed by atoms with E-state index in [-0.39, 0.29) is 11.6 Å². The Labute approximate surface area is 112 Å². The van der Waals surface area contributed by atoms with Gasteiger partial charge in [-0.25, -0.2) is 18.1 Å². The van der Waals surface area contributed by atoms with Gasteiger partial charge in [0.05, 0.1) is 0 Å². The van der Waals surface area contributed by atoms with Gasteiger partial charge < -0.3 is 10.3 Å². The number of nitrogens with one attached hydrogen (secondary N) is 1. The average molecular weight is 280 g/mol. The molecule has 1 aromatic heterocycles. The first-order valence-corrected chi connectivity index (χ1v) is 7.21. The van der Waals surface area contributed by atoms with Gasteiger partial charge in [-0.1, -0.05) is 12.1 Å². The zero-order valence-corrected chi connectivity index (χ0v) is 11.6. The Morgan fingerprint density at radius 1 is 1.32 bits per heavy atom. The zero-order chi connectivity index (χ0) is 14.0. The van der Waals surface area contributed by atoms with Gasteiger partial charge in [0.15, 0.2) is 5.03 Å². The molecule has 2 rings (SSSR count). The SMILES string of the molecule is Cc1nc(S(=O)(=O)NCc2ccc(N)cc2)cn1C. The summed E-state index contributed by atoms with van der Waals surface area (Å²) in [6.45, 7) is 1.96. The molecule has 0 saturated carbocycles. The van der Waals surface area contributed by atoms with Crippen LogP contribution in [0.3, 0.4) is 0 Å². The highest BCUT2D eigenvalue weighted by atomic mass is 32.2. The van der Waals surface area contributed by atoms with Gasteiger partial charge in [-0.3, -0.25) is 0 Å². The molecular weight excluding hydrogens is 264 g/mol. The van der Waals surface area contributed by atoms with Crippen LogP contribution in [0.5, 0.6) is 0 Å². The largest absolute Gasteiger partial charge is 0.399 e. The van der Waals surface area contributed by atoms with E-state index >= 15 is 0 Å². The van der Waals surface area contributed by atoms with E-state index in [9.17, 15) is 8.42 Å². The van der Waals surface area contributed by atoms with E-state index in [2.05, 4.69) is 9.71 Å². The Balaban J connectivity index is 2.11. The maximum atomic E-state index is 12.0. The molecule has 7 heteroatoms. The standard InChI is InChI=1S/C12H16N4O2S/c1-9-15-12(8-16(9)2)19(17,18)14-7-10-3-5-11(13)6-4-10/h3-6,8,14H,7,13H2,1-2H3. The fourth-order valence-electron chi connectivity index (χ4n) is 1.54. The molecule has 1 heterocycles. The highest BCUT2D eigenvalue weighted by Crippen LogP contribution is 2.10. The quantitative estimate of drug-likeness (QED) is 0.810. The highest BCUT2D eigenvalue weighted by molar-refractivity contribution is 7.89. The lowest BCUT2D eigenvalue weighted by Gasteiger charge is -2.04. The van der Waals surface area contributed by atoms with Crippen LogP contribution < -0.4 is 10.5 Å². The fourth-order valence-corrected chi connectivity index (χ4v) is 2.60. The number of hydrogen-bond acceptors (Lipinski definition) is 4. The summed E-state index contributed by atoms with van der Waals surface area (Å²) in [6.07, 6.45) is 1.49. The molecule has 0 aliphatic heterocycles. The smallest absolute Gasteiger partial charge is 0.259 e. The second-order valence-corrected chi connectivity index (χ2v) is 6.02. The molecule has 0 aliphatic carbocycles. The van der Waals surface area contributed by atoms with Crippen molar-refractivity contribution < 1.29 is 8.42 Å². The van der Waals surface area contributed by atoms with E-state index in [1.54, 1.807) is 42.8 Å². The maximum Gasteiger partial charge on any atom is 0.259 e. The summed E-state index contributed by atoms with van der Waals surface area (Å²) in [4.78, 5) is 4.00. The third-order valence-corrected chi connectivity index (χ3v) is 4.08. The summed E-state index contributed by atoms with van der Waals surface area (Å²) < 4.78 is 28.2. The first-order chi connectivity index (χ1) is 8.88. The number of sulfonamides is 1. The Bertz CT molecular complexity index is 655. The summed E-state index contributed by atoms with van der Waals surface area (Å²) in [6, 6.07) is 7.02. The van der Waals surface area contributed by atoms with Gasteiger partial charge in [0, 0.05) is 25.5 Å². The number of rotatable bonds is 4. The fraction of sp³-hybridized carbons (Fsp3) is 0.250. The molecular formula is C12H16N4O2S. The normalized spacial score (nSPS) is 11.7. The molecule has 19 heavy (non-hydrogen) atoms. The third-order valence-electron chi connectivity index (χ3n) is 2.81. The summed E-state index contributed by atoms with van der Waals surface area (Å²) in [7, 11) is -1.83. The van der Waals surface area contributed by atoms with Crippen molar-refractivity contribution in [2.45, 2.75) is 18.5 Å². The molecule has 0 amide bonds. The van der Waals surface area contributed by atoms with Gasteiger partial charge in [0.2, 0.25) is 0 Å². The van der Waals surface area contributed by atoms with Crippen LogP contribution in [0, 0.1) is 6.92 Å². The Morgan fingerprint density at radius 2 is 1.95 bits per heavy atom. The first kappa shape index (κ1) is 13.6. The summed E-state index contributed by atoms with van der Waals surface area (Å²) >= 11 is 0. The number of benzene rings is 1. The summed E-state index contributed by atoms with van der Waals surface area (Å²) in [5.74, 6) is 0.646. The van der Waals surface area contributed by atoms with Crippen molar-refractivity contribution in [2.75, 3.05) is 5.73 Å². The zero-order valence-electron chi connectivity index (χ0n) is 10.8. The molecule has 6 nitrogen and oxygen atoms in total. The second kappa shape index (κ2) is 5.02. The monoisotopic (exact) mass is 280 g/mol. The van der Waals surface area contributed by atoms with Crippen molar-refractivity contribution in [1.82, 2.24) is 14.3 Å². The topological polar surface area (TPSA) is 90.0 Å². The molecule has 2 aromatic rings. The number of anilines is 1. The lowest BCUT2D eigenvalue weighted by atomic mass is 10.2. The van der Waals surface area contributed by atoms with Crippen LogP contribution in [0.25, 0.3) is 0 Å². The molecule has 102 valence electrons. The van der Waals surface area contributed by atoms with Crippen molar-refractivity contribution in [3.8, 4) is 0 Å². The van der Waals surface area contributed by atoms with Crippen molar-refractivity contribution in [2.24, 2.45) is 7.05 Å². The van der Waals surface area contributed by atoms with E-state index in [1.165, 1.54) is 6.20 Å². The molecule has 0 aliphatic rings. The number of aryl methyl sites for hydroxylation is 2. The van der Waals surface area contributed by atoms with E-state index in [0.717, 1.165) is 5.56 Å². The van der Waals surface area contributed by atoms with Crippen LogP contribution in [-0.2, 0) is 23.6 Å². The van der Waals surface area contributed by atoms with Crippen LogP contribution in [0.4, 0.5) is 5.69 Å². The van der Waals surface area contributed by atoms with Crippen LogP contribution >= 0.6 is 0 Å². The highest BCUT2D eigenvalue weighted by Gasteiger charge is 2.17. The number of aromatic nitrogens is 2. The predicted molar refractivity (Wildman–Crippen MR) is 72.8 cm³/mol. The lowest BCUT2D eigenvalue weighted by molar-refractivity contribution is 0.578. The molecule has 0 radical (unpaired) electrons. The Hall–Kier alpha value is -1.86. The van der Waals surface area contributed by atoms with Crippen LogP contribution in [-0.4, -0.2) is 18.0 Å². The number of nitrogen functional groups attached to an aromatic ring is 1. The minimum atomic E-state index is -3.58. The van der Waals surface area contributed by atoms with E-state index in [0.29, 0.717) is 11.5 Å². The molecule has 0 unspecified atom stereocenters. The summed E-state index contributed by atoms with van der Waals surface area (Å²) in [5, 5.41) is 0.0305. The van der Waals surface area contributed by atoms with Gasteiger partial charge >= 0.3 is 0 Å². The van der Waals surface area contributed by atoms with E-state index in [1.807, 2.05) is 0 Å². The molecule has 0 saturated heterocycles. The van der Waals surface area contributed by atoms with Crippen molar-refractivity contribution in [3.63, 3.8) is 0 Å². The minimum absolute atomic E-state index is 0.0305. The van der Waals surface area contributed by atoms with E-state index in [4.69, 9.17) is 5.73 Å².